The molecule has 460 valence electrons. The number of hydrogen-bond donors (Lipinski definition) is 9. The number of anilines is 6. The lowest BCUT2D eigenvalue weighted by Crippen LogP contribution is -2.50. The molecule has 8 heterocycles. The van der Waals surface area contributed by atoms with Crippen LogP contribution in [0.1, 0.15) is 116 Å². The second kappa shape index (κ2) is 27.6. The van der Waals surface area contributed by atoms with Crippen LogP contribution in [-0.2, 0) is 59.7 Å². The Bertz CT molecular complexity index is 3880. The van der Waals surface area contributed by atoms with Gasteiger partial charge in [0.1, 0.15) is 34.4 Å². The van der Waals surface area contributed by atoms with Crippen LogP contribution in [0.3, 0.4) is 0 Å². The number of carbonyl (C=O) groups excluding carboxylic acids is 9. The number of aryl methyl sites for hydroxylation is 8. The maximum Gasteiger partial charge on any atom is 0.430 e. The molecule has 0 radical (unpaired) electrons. The van der Waals surface area contributed by atoms with Gasteiger partial charge in [-0.05, 0) is 43.2 Å². The summed E-state index contributed by atoms with van der Waals surface area (Å²) < 4.78 is 44.4. The second-order valence-electron chi connectivity index (χ2n) is 19.7. The fourth-order valence-electron chi connectivity index (χ4n) is 8.98. The normalized spacial score (nSPS) is 11.1. The minimum Gasteiger partial charge on any atom is -0.542 e. The molecule has 0 saturated carbocycles. The molecule has 87 heavy (non-hydrogen) atoms. The molecule has 33 heteroatoms. The number of quaternary nitrogens is 1. The van der Waals surface area contributed by atoms with Crippen LogP contribution in [0.2, 0.25) is 0 Å². The summed E-state index contributed by atoms with van der Waals surface area (Å²) in [6.45, 7) is 1.96. The molecule has 0 unspecified atom stereocenters. The van der Waals surface area contributed by atoms with E-state index in [0.717, 1.165) is 12.8 Å². The van der Waals surface area contributed by atoms with Crippen molar-refractivity contribution in [3.63, 3.8) is 0 Å². The molecule has 0 saturated heterocycles. The lowest BCUT2D eigenvalue weighted by molar-refractivity contribution is -0.368. The van der Waals surface area contributed by atoms with Crippen molar-refractivity contribution in [1.29, 1.82) is 0 Å². The molecule has 8 rings (SSSR count). The fraction of sp³-hybridized carbons (Fsp3) is 0.296. The van der Waals surface area contributed by atoms with Crippen LogP contribution in [0.4, 0.5) is 47.4 Å². The number of imidazole rings is 3. The van der Waals surface area contributed by atoms with Crippen LogP contribution in [0.5, 0.6) is 0 Å². The Morgan fingerprint density at radius 3 is 1.37 bits per heavy atom. The van der Waals surface area contributed by atoms with E-state index in [1.807, 2.05) is 0 Å². The van der Waals surface area contributed by atoms with Crippen LogP contribution < -0.4 is 53.8 Å². The molecule has 8 aromatic rings. The highest BCUT2D eigenvalue weighted by Gasteiger charge is 2.29. The van der Waals surface area contributed by atoms with Crippen molar-refractivity contribution in [3.05, 3.63) is 138 Å². The van der Waals surface area contributed by atoms with Crippen molar-refractivity contribution >= 4 is 87.5 Å². The van der Waals surface area contributed by atoms with Gasteiger partial charge in [-0.2, -0.15) is 13.2 Å². The van der Waals surface area contributed by atoms with E-state index in [4.69, 9.17) is 15.6 Å². The summed E-state index contributed by atoms with van der Waals surface area (Å²) in [5.74, 6) is -6.43. The van der Waals surface area contributed by atoms with Crippen molar-refractivity contribution in [2.45, 2.75) is 57.9 Å². The highest BCUT2D eigenvalue weighted by atomic mass is 19.4. The number of nitrogens with two attached hydrogens (primary N) is 1. The largest absolute Gasteiger partial charge is 0.542 e. The van der Waals surface area contributed by atoms with Gasteiger partial charge in [-0.15, -0.1) is 0 Å². The van der Waals surface area contributed by atoms with E-state index < -0.39 is 53.5 Å². The van der Waals surface area contributed by atoms with Gasteiger partial charge < -0.3 is 95.1 Å². The van der Waals surface area contributed by atoms with Gasteiger partial charge in [-0.1, -0.05) is 12.8 Å². The molecular formula is C54H63F3N20O10. The number of hydrogen-bond acceptors (Lipinski definition) is 13. The van der Waals surface area contributed by atoms with Gasteiger partial charge in [-0.3, -0.25) is 38.4 Å². The van der Waals surface area contributed by atoms with E-state index in [0.29, 0.717) is 79.6 Å². The molecule has 12 N–H and O–H groups in total. The van der Waals surface area contributed by atoms with Gasteiger partial charge in [0.2, 0.25) is 5.82 Å². The van der Waals surface area contributed by atoms with E-state index >= 15 is 0 Å². The standard InChI is InChI=1S/C52H62N20O8.C2HF3O2/c1-55-46(74)37-21-31(25-66(37)3)58-47(75)38-22-32(26-67(38)4)59-48(76)39-23-33(27-68(39)5)61-51(79)44-57-14-19-70(44)15-9-7-8-10-16-71-28-34(20-36(71)42(54)73)60-49(77)40-24-35(29-72(40)17-11-12-53)62-52(80)45-63-41(30-69(45)6)64-50(78)43-56-13-18-65(43)2;3-2(4,5)1(6)7/h13-14,18-30H,7-12,15-17,53H2,1-6H3,(H2,54,73)(H,55,74)(H,58,75)(H,59,76)(H,60,77)(H,61,79)(H,62,80)(H,64,78);(H,6,7). The first-order valence-electron chi connectivity index (χ1n) is 26.6. The number of aromatic nitrogens is 11. The first kappa shape index (κ1) is 63.6. The van der Waals surface area contributed by atoms with Crippen molar-refractivity contribution < 1.29 is 67.2 Å². The number of rotatable bonds is 24. The molecule has 0 bridgehead atoms. The quantitative estimate of drug-likeness (QED) is 0.0392. The van der Waals surface area contributed by atoms with Crippen molar-refractivity contribution in [1.82, 2.24) is 56.8 Å². The Labute approximate surface area is 492 Å². The molecular weight excluding hydrogens is 1150 g/mol. The predicted molar refractivity (Wildman–Crippen MR) is 305 cm³/mol. The number of carbonyl (C=O) groups is 9. The molecule has 0 fully saturated rings. The monoisotopic (exact) mass is 1210 g/mol. The summed E-state index contributed by atoms with van der Waals surface area (Å²) in [6.07, 6.45) is 14.3. The van der Waals surface area contributed by atoms with Crippen LogP contribution in [0.25, 0.3) is 0 Å². The molecule has 0 atom stereocenters. The third kappa shape index (κ3) is 16.0. The number of unbranched alkanes of at least 4 members (excludes halogenated alkanes) is 3. The van der Waals surface area contributed by atoms with E-state index in [-0.39, 0.29) is 52.0 Å². The zero-order valence-electron chi connectivity index (χ0n) is 47.9. The summed E-state index contributed by atoms with van der Waals surface area (Å²) >= 11 is 0. The molecule has 8 amide bonds. The molecule has 0 aliphatic heterocycles. The zero-order chi connectivity index (χ0) is 63.4. The molecule has 0 spiro atoms. The average Bonchev–Trinajstić information content (AvgIpc) is 2.18. The number of carboxylic acids is 1. The lowest BCUT2D eigenvalue weighted by Gasteiger charge is -2.09. The number of nitrogens with zero attached hydrogens (tertiary/aromatic N) is 11. The van der Waals surface area contributed by atoms with E-state index in [2.05, 4.69) is 57.9 Å². The summed E-state index contributed by atoms with van der Waals surface area (Å²) in [7, 11) is 9.82. The number of carboxylic acid groups (broad SMARTS) is 1. The highest BCUT2D eigenvalue weighted by Crippen LogP contribution is 2.24. The Morgan fingerprint density at radius 1 is 0.483 bits per heavy atom. The Balaban J connectivity index is 0.00000145. The van der Waals surface area contributed by atoms with Crippen LogP contribution in [-0.4, -0.2) is 124 Å². The van der Waals surface area contributed by atoms with Crippen molar-refractivity contribution in [3.8, 4) is 0 Å². The number of halogens is 3. The maximum atomic E-state index is 13.8. The van der Waals surface area contributed by atoms with Gasteiger partial charge >= 0.3 is 6.18 Å². The molecule has 0 aliphatic rings. The van der Waals surface area contributed by atoms with Gasteiger partial charge in [0, 0.05) is 130 Å². The third-order valence-electron chi connectivity index (χ3n) is 13.2. The summed E-state index contributed by atoms with van der Waals surface area (Å²) in [6, 6.07) is 7.66. The smallest absolute Gasteiger partial charge is 0.430 e. The summed E-state index contributed by atoms with van der Waals surface area (Å²) in [4.78, 5) is 126. The Morgan fingerprint density at radius 2 is 0.885 bits per heavy atom. The van der Waals surface area contributed by atoms with E-state index in [1.54, 1.807) is 117 Å². The first-order chi connectivity index (χ1) is 41.2. The first-order valence-corrected chi connectivity index (χ1v) is 26.6. The van der Waals surface area contributed by atoms with Crippen LogP contribution in [0.15, 0.2) is 92.3 Å². The zero-order valence-corrected chi connectivity index (χ0v) is 47.9. The van der Waals surface area contributed by atoms with Gasteiger partial charge in [-0.25, -0.2) is 15.0 Å². The lowest BCUT2D eigenvalue weighted by atomic mass is 10.2. The average molecular weight is 1210 g/mol. The van der Waals surface area contributed by atoms with Crippen molar-refractivity contribution in [2.24, 2.45) is 41.0 Å². The van der Waals surface area contributed by atoms with Gasteiger partial charge in [0.25, 0.3) is 47.3 Å². The Hall–Kier alpha value is -11.0. The van der Waals surface area contributed by atoms with E-state index in [9.17, 15) is 51.5 Å². The predicted octanol–water partition coefficient (Wildman–Crippen LogP) is 2.13. The number of nitrogens with one attached hydrogen (secondary N) is 7. The fourth-order valence-corrected chi connectivity index (χ4v) is 8.98. The van der Waals surface area contributed by atoms with Crippen LogP contribution in [0, 0.1) is 0 Å². The van der Waals surface area contributed by atoms with Crippen molar-refractivity contribution in [2.75, 3.05) is 45.5 Å². The Kier molecular flexibility index (Phi) is 20.2. The van der Waals surface area contributed by atoms with E-state index in [1.165, 1.54) is 54.5 Å². The van der Waals surface area contributed by atoms with Crippen LogP contribution >= 0.6 is 0 Å². The highest BCUT2D eigenvalue weighted by molar-refractivity contribution is 6.09. The number of amides is 8. The second-order valence-corrected chi connectivity index (χ2v) is 19.7. The number of alkyl halides is 3. The molecule has 0 aromatic carbocycles. The topological polar surface area (TPSA) is 393 Å². The minimum atomic E-state index is -5.19. The summed E-state index contributed by atoms with van der Waals surface area (Å²) in [5, 5.41) is 28.0. The summed E-state index contributed by atoms with van der Waals surface area (Å²) in [5.41, 5.74) is 12.8. The van der Waals surface area contributed by atoms with Gasteiger partial charge in [0.05, 0.1) is 35.0 Å². The molecule has 8 aromatic heterocycles. The maximum absolute atomic E-state index is 13.8. The molecule has 30 nitrogen and oxygen atoms in total. The number of aliphatic carboxylic acids is 1. The third-order valence-corrected chi connectivity index (χ3v) is 13.2. The molecule has 0 aliphatic carbocycles. The number of primary amides is 1. The minimum absolute atomic E-state index is 0.00769. The SMILES string of the molecule is CNC(=O)c1cc(NC(=O)c2cc(NC(=O)c3cc(NC(=O)c4nccn4CCCCCCn4cc(NC(=O)c5cc(NC(=O)c6nc(NC(=O)c7nccn7C)cn6C)cn5CCC[NH3+])cc4C(N)=O)cn3C)cn2C)cn1C.O=C([O-])C(F)(F)F. The van der Waals surface area contributed by atoms with Gasteiger partial charge in [0.15, 0.2) is 17.5 Å².